The summed E-state index contributed by atoms with van der Waals surface area (Å²) in [4.78, 5) is 7.03. The van der Waals surface area contributed by atoms with Crippen LogP contribution in [-0.4, -0.2) is 0 Å². The second kappa shape index (κ2) is 14.2. The minimum Gasteiger partial charge on any atom is -0.310 e. The highest BCUT2D eigenvalue weighted by atomic mass is 15.2. The lowest BCUT2D eigenvalue weighted by molar-refractivity contribution is 1.23. The average Bonchev–Trinajstić information content (AvgIpc) is 3.13. The number of hydrogen-bond acceptors (Lipinski definition) is 3. The van der Waals surface area contributed by atoms with E-state index in [1.165, 1.54) is 27.8 Å². The second-order valence-electron chi connectivity index (χ2n) is 13.2. The van der Waals surface area contributed by atoms with Gasteiger partial charge in [0.1, 0.15) is 0 Å². The van der Waals surface area contributed by atoms with E-state index >= 15 is 0 Å². The van der Waals surface area contributed by atoms with Gasteiger partial charge in [-0.1, -0.05) is 101 Å². The maximum atomic E-state index is 2.36. The topological polar surface area (TPSA) is 9.72 Å². The molecule has 0 aliphatic rings. The molecule has 7 rings (SSSR count). The number of rotatable bonds is 9. The molecule has 0 spiro atoms. The van der Waals surface area contributed by atoms with Gasteiger partial charge < -0.3 is 14.7 Å². The van der Waals surface area contributed by atoms with Gasteiger partial charge in [0.2, 0.25) is 0 Å². The van der Waals surface area contributed by atoms with Gasteiger partial charge in [0.05, 0.1) is 0 Å². The fourth-order valence-electron chi connectivity index (χ4n) is 6.35. The molecule has 50 heavy (non-hydrogen) atoms. The molecule has 7 aromatic rings. The second-order valence-corrected chi connectivity index (χ2v) is 13.2. The summed E-state index contributed by atoms with van der Waals surface area (Å²) in [6, 6.07) is 61.6. The summed E-state index contributed by atoms with van der Waals surface area (Å²) in [5, 5.41) is 0. The SMILES string of the molecule is Cc1ccc(N(c2ccc(C)cc2)c2cccc(N(c3ccc(C)cc3)c3cccc(N(c4ccc(C)cc4)c4ccc(C)cc4)c3)c2)cc1. The van der Waals surface area contributed by atoms with Gasteiger partial charge in [-0.05, 0) is 132 Å². The number of nitrogens with zero attached hydrogens (tertiary/aromatic N) is 3. The van der Waals surface area contributed by atoms with Gasteiger partial charge in [-0.15, -0.1) is 0 Å². The summed E-state index contributed by atoms with van der Waals surface area (Å²) >= 11 is 0. The van der Waals surface area contributed by atoms with E-state index in [1.807, 2.05) is 0 Å². The first-order chi connectivity index (χ1) is 24.3. The van der Waals surface area contributed by atoms with Crippen LogP contribution in [0.15, 0.2) is 170 Å². The highest BCUT2D eigenvalue weighted by Gasteiger charge is 2.19. The normalized spacial score (nSPS) is 10.9. The summed E-state index contributed by atoms with van der Waals surface area (Å²) in [5.41, 5.74) is 16.1. The number of aryl methyl sites for hydroxylation is 5. The van der Waals surface area contributed by atoms with Crippen molar-refractivity contribution in [2.45, 2.75) is 34.6 Å². The van der Waals surface area contributed by atoms with Crippen molar-refractivity contribution in [3.05, 3.63) is 198 Å². The van der Waals surface area contributed by atoms with Crippen LogP contribution in [0.25, 0.3) is 0 Å². The smallest absolute Gasteiger partial charge is 0.0482 e. The third-order valence-electron chi connectivity index (χ3n) is 9.15. The zero-order valence-electron chi connectivity index (χ0n) is 29.5. The van der Waals surface area contributed by atoms with Crippen LogP contribution in [0, 0.1) is 34.6 Å². The van der Waals surface area contributed by atoms with Crippen LogP contribution in [0.1, 0.15) is 27.8 Å². The lowest BCUT2D eigenvalue weighted by atomic mass is 10.1. The Morgan fingerprint density at radius 2 is 0.400 bits per heavy atom. The Labute approximate surface area is 297 Å². The molecule has 0 saturated heterocycles. The maximum Gasteiger partial charge on any atom is 0.0482 e. The van der Waals surface area contributed by atoms with Crippen LogP contribution in [-0.2, 0) is 0 Å². The third-order valence-corrected chi connectivity index (χ3v) is 9.15. The van der Waals surface area contributed by atoms with Crippen molar-refractivity contribution in [2.24, 2.45) is 0 Å². The summed E-state index contributed by atoms with van der Waals surface area (Å²) in [6.45, 7) is 10.7. The third kappa shape index (κ3) is 7.04. The number of hydrogen-bond donors (Lipinski definition) is 0. The van der Waals surface area contributed by atoms with Crippen LogP contribution in [0.5, 0.6) is 0 Å². The molecule has 7 aromatic carbocycles. The van der Waals surface area contributed by atoms with Gasteiger partial charge in [-0.3, -0.25) is 0 Å². The van der Waals surface area contributed by atoms with E-state index in [4.69, 9.17) is 0 Å². The Morgan fingerprint density at radius 3 is 0.600 bits per heavy atom. The van der Waals surface area contributed by atoms with E-state index < -0.39 is 0 Å². The summed E-state index contributed by atoms with van der Waals surface area (Å²) in [6.07, 6.45) is 0. The molecule has 0 atom stereocenters. The Hall–Kier alpha value is -6.06. The van der Waals surface area contributed by atoms with Crippen molar-refractivity contribution in [1.82, 2.24) is 0 Å². The standard InChI is InChI=1S/C47H43N3/c1-34-12-22-39(23-13-34)48(40-24-14-35(2)15-25-40)44-8-6-10-46(32-44)50(43-30-20-38(5)21-31-43)47-11-7-9-45(33-47)49(41-26-16-36(3)17-27-41)42-28-18-37(4)19-29-42/h6-33H,1-5H3. The minimum atomic E-state index is 1.07. The zero-order valence-corrected chi connectivity index (χ0v) is 29.5. The van der Waals surface area contributed by atoms with Gasteiger partial charge in [0.15, 0.2) is 0 Å². The first-order valence-electron chi connectivity index (χ1n) is 17.3. The molecule has 0 fully saturated rings. The van der Waals surface area contributed by atoms with E-state index in [0.29, 0.717) is 0 Å². The zero-order chi connectivity index (χ0) is 34.6. The monoisotopic (exact) mass is 649 g/mol. The van der Waals surface area contributed by atoms with Crippen molar-refractivity contribution < 1.29 is 0 Å². The first-order valence-corrected chi connectivity index (χ1v) is 17.3. The van der Waals surface area contributed by atoms with Crippen molar-refractivity contribution in [2.75, 3.05) is 14.7 Å². The Morgan fingerprint density at radius 1 is 0.220 bits per heavy atom. The fourth-order valence-corrected chi connectivity index (χ4v) is 6.35. The fraction of sp³-hybridized carbons (Fsp3) is 0.106. The molecule has 0 unspecified atom stereocenters. The van der Waals surface area contributed by atoms with Gasteiger partial charge >= 0.3 is 0 Å². The van der Waals surface area contributed by atoms with Crippen LogP contribution < -0.4 is 14.7 Å². The molecule has 246 valence electrons. The molecule has 0 radical (unpaired) electrons. The van der Waals surface area contributed by atoms with E-state index in [2.05, 4.69) is 219 Å². The molecule has 0 aliphatic carbocycles. The molecular weight excluding hydrogens is 607 g/mol. The average molecular weight is 650 g/mol. The van der Waals surface area contributed by atoms with Crippen LogP contribution in [0.2, 0.25) is 0 Å². The quantitative estimate of drug-likeness (QED) is 0.154. The minimum absolute atomic E-state index is 1.07. The molecule has 0 bridgehead atoms. The van der Waals surface area contributed by atoms with E-state index in [-0.39, 0.29) is 0 Å². The Kier molecular flexibility index (Phi) is 9.22. The molecule has 0 saturated carbocycles. The van der Waals surface area contributed by atoms with Crippen LogP contribution in [0.4, 0.5) is 51.2 Å². The molecule has 0 N–H and O–H groups in total. The molecule has 0 heterocycles. The van der Waals surface area contributed by atoms with Gasteiger partial charge in [0.25, 0.3) is 0 Å². The first kappa shape index (κ1) is 32.5. The predicted molar refractivity (Wildman–Crippen MR) is 214 cm³/mol. The van der Waals surface area contributed by atoms with E-state index in [9.17, 15) is 0 Å². The molecule has 0 aromatic heterocycles. The summed E-state index contributed by atoms with van der Waals surface area (Å²) in [5.74, 6) is 0. The van der Waals surface area contributed by atoms with E-state index in [1.54, 1.807) is 0 Å². The highest BCUT2D eigenvalue weighted by molar-refractivity contribution is 5.86. The van der Waals surface area contributed by atoms with Gasteiger partial charge in [0, 0.05) is 51.2 Å². The molecule has 0 aliphatic heterocycles. The molecule has 3 nitrogen and oxygen atoms in total. The molecule has 0 amide bonds. The van der Waals surface area contributed by atoms with Gasteiger partial charge in [-0.2, -0.15) is 0 Å². The van der Waals surface area contributed by atoms with Crippen molar-refractivity contribution in [1.29, 1.82) is 0 Å². The lowest BCUT2D eigenvalue weighted by Crippen LogP contribution is -2.14. The molecule has 3 heteroatoms. The van der Waals surface area contributed by atoms with Crippen molar-refractivity contribution in [3.63, 3.8) is 0 Å². The largest absolute Gasteiger partial charge is 0.310 e. The maximum absolute atomic E-state index is 2.36. The Bertz CT molecular complexity index is 1950. The van der Waals surface area contributed by atoms with Crippen molar-refractivity contribution in [3.8, 4) is 0 Å². The summed E-state index contributed by atoms with van der Waals surface area (Å²) < 4.78 is 0. The van der Waals surface area contributed by atoms with Crippen molar-refractivity contribution >= 4 is 51.2 Å². The molecular formula is C47H43N3. The van der Waals surface area contributed by atoms with Crippen LogP contribution in [0.3, 0.4) is 0 Å². The Balaban J connectivity index is 1.37. The predicted octanol–water partition coefficient (Wildman–Crippen LogP) is 13.6. The van der Waals surface area contributed by atoms with Crippen LogP contribution >= 0.6 is 0 Å². The highest BCUT2D eigenvalue weighted by Crippen LogP contribution is 2.43. The van der Waals surface area contributed by atoms with E-state index in [0.717, 1.165) is 51.2 Å². The number of anilines is 9. The summed E-state index contributed by atoms with van der Waals surface area (Å²) in [7, 11) is 0. The number of benzene rings is 7. The van der Waals surface area contributed by atoms with Gasteiger partial charge in [-0.25, -0.2) is 0 Å². The lowest BCUT2D eigenvalue weighted by Gasteiger charge is -2.31.